The fourth-order valence-electron chi connectivity index (χ4n) is 1.22. The van der Waals surface area contributed by atoms with Crippen LogP contribution in [0.1, 0.15) is 12.5 Å². The zero-order valence-corrected chi connectivity index (χ0v) is 12.4. The van der Waals surface area contributed by atoms with Gasteiger partial charge in [-0.1, -0.05) is 6.07 Å². The van der Waals surface area contributed by atoms with Gasteiger partial charge in [-0.05, 0) is 40.5 Å². The van der Waals surface area contributed by atoms with Crippen LogP contribution in [0.4, 0.5) is 4.79 Å². The molecule has 6 nitrogen and oxygen atoms in total. The lowest BCUT2D eigenvalue weighted by Gasteiger charge is -2.13. The number of primary amides is 1. The number of halogens is 1. The monoisotopic (exact) mass is 332 g/mol. The second-order valence-corrected chi connectivity index (χ2v) is 4.57. The Labute approximate surface area is 120 Å². The van der Waals surface area contributed by atoms with E-state index in [1.54, 1.807) is 20.1 Å². The molecule has 1 atom stereocenters. The van der Waals surface area contributed by atoms with E-state index in [1.807, 2.05) is 12.1 Å². The van der Waals surface area contributed by atoms with Crippen molar-refractivity contribution in [3.05, 3.63) is 28.2 Å². The molecule has 2 amide bonds. The van der Waals surface area contributed by atoms with E-state index in [0.717, 1.165) is 10.0 Å². The molecule has 0 aliphatic heterocycles. The van der Waals surface area contributed by atoms with E-state index >= 15 is 0 Å². The number of nitrogens with one attached hydrogen (secondary N) is 1. The number of amides is 2. The van der Waals surface area contributed by atoms with Crippen LogP contribution in [-0.4, -0.2) is 26.2 Å². The van der Waals surface area contributed by atoms with Crippen molar-refractivity contribution in [1.82, 2.24) is 5.32 Å². The number of ether oxygens (including phenoxy) is 3. The van der Waals surface area contributed by atoms with Crippen molar-refractivity contribution < 1.29 is 19.0 Å². The van der Waals surface area contributed by atoms with Crippen LogP contribution in [0.3, 0.4) is 0 Å². The van der Waals surface area contributed by atoms with Crippen molar-refractivity contribution in [3.8, 4) is 5.75 Å². The third-order valence-electron chi connectivity index (χ3n) is 2.31. The zero-order valence-electron chi connectivity index (χ0n) is 10.8. The minimum absolute atomic E-state index is 0.0898. The summed E-state index contributed by atoms with van der Waals surface area (Å²) in [5.41, 5.74) is 5.91. The summed E-state index contributed by atoms with van der Waals surface area (Å²) in [5.74, 6) is 0.645. The Bertz CT molecular complexity index is 428. The maximum Gasteiger partial charge on any atom is 0.312 e. The maximum absolute atomic E-state index is 10.6. The first-order valence-electron chi connectivity index (χ1n) is 5.62. The second kappa shape index (κ2) is 7.98. The average molecular weight is 333 g/mol. The van der Waals surface area contributed by atoms with Crippen molar-refractivity contribution in [3.63, 3.8) is 0 Å². The molecular formula is C12H17BrN2O4. The Morgan fingerprint density at radius 3 is 2.84 bits per heavy atom. The SMILES string of the molecule is COC(C)OCOc1ccc(CNC(N)=O)cc1Br. The van der Waals surface area contributed by atoms with Gasteiger partial charge in [0, 0.05) is 13.7 Å². The summed E-state index contributed by atoms with van der Waals surface area (Å²) in [6, 6.07) is 4.89. The summed E-state index contributed by atoms with van der Waals surface area (Å²) >= 11 is 3.38. The van der Waals surface area contributed by atoms with E-state index < -0.39 is 6.03 Å². The summed E-state index contributed by atoms with van der Waals surface area (Å²) in [5, 5.41) is 2.51. The van der Waals surface area contributed by atoms with Gasteiger partial charge < -0.3 is 25.3 Å². The Kier molecular flexibility index (Phi) is 6.61. The summed E-state index contributed by atoms with van der Waals surface area (Å²) in [4.78, 5) is 10.6. The van der Waals surface area contributed by atoms with Gasteiger partial charge >= 0.3 is 6.03 Å². The minimum atomic E-state index is -0.557. The summed E-state index contributed by atoms with van der Waals surface area (Å²) in [6.45, 7) is 2.23. The fourth-order valence-corrected chi connectivity index (χ4v) is 1.76. The predicted octanol–water partition coefficient (Wildman–Crippen LogP) is 1.96. The van der Waals surface area contributed by atoms with E-state index in [9.17, 15) is 4.79 Å². The first kappa shape index (κ1) is 15.7. The van der Waals surface area contributed by atoms with Gasteiger partial charge in [-0.15, -0.1) is 0 Å². The lowest BCUT2D eigenvalue weighted by atomic mass is 10.2. The lowest BCUT2D eigenvalue weighted by molar-refractivity contribution is -0.149. The first-order valence-corrected chi connectivity index (χ1v) is 6.41. The van der Waals surface area contributed by atoms with Crippen LogP contribution in [0.5, 0.6) is 5.75 Å². The third kappa shape index (κ3) is 5.91. The van der Waals surface area contributed by atoms with E-state index in [0.29, 0.717) is 12.3 Å². The molecular weight excluding hydrogens is 316 g/mol. The number of rotatable bonds is 7. The Balaban J connectivity index is 2.50. The number of urea groups is 1. The van der Waals surface area contributed by atoms with Gasteiger partial charge in [0.1, 0.15) is 5.75 Å². The van der Waals surface area contributed by atoms with Gasteiger partial charge in [0.05, 0.1) is 4.47 Å². The second-order valence-electron chi connectivity index (χ2n) is 3.71. The summed E-state index contributed by atoms with van der Waals surface area (Å²) in [7, 11) is 1.56. The maximum atomic E-state index is 10.6. The van der Waals surface area contributed by atoms with E-state index in [-0.39, 0.29) is 13.1 Å². The summed E-state index contributed by atoms with van der Waals surface area (Å²) in [6.07, 6.45) is -0.321. The molecule has 19 heavy (non-hydrogen) atoms. The number of benzene rings is 1. The van der Waals surface area contributed by atoms with Crippen LogP contribution in [-0.2, 0) is 16.0 Å². The molecule has 1 aromatic carbocycles. The highest BCUT2D eigenvalue weighted by Gasteiger charge is 2.05. The molecule has 3 N–H and O–H groups in total. The molecule has 1 aromatic rings. The van der Waals surface area contributed by atoms with E-state index in [4.69, 9.17) is 19.9 Å². The van der Waals surface area contributed by atoms with Crippen molar-refractivity contribution in [2.24, 2.45) is 5.73 Å². The number of nitrogens with two attached hydrogens (primary N) is 1. The molecule has 0 aliphatic carbocycles. The van der Waals surface area contributed by atoms with E-state index in [2.05, 4.69) is 21.2 Å². The largest absolute Gasteiger partial charge is 0.466 e. The normalized spacial score (nSPS) is 11.9. The highest BCUT2D eigenvalue weighted by molar-refractivity contribution is 9.10. The highest BCUT2D eigenvalue weighted by Crippen LogP contribution is 2.26. The van der Waals surface area contributed by atoms with Gasteiger partial charge in [-0.3, -0.25) is 0 Å². The molecule has 1 rings (SSSR count). The van der Waals surface area contributed by atoms with Crippen molar-refractivity contribution >= 4 is 22.0 Å². The van der Waals surface area contributed by atoms with Gasteiger partial charge in [0.2, 0.25) is 0 Å². The Morgan fingerprint density at radius 2 is 2.26 bits per heavy atom. The predicted molar refractivity (Wildman–Crippen MR) is 73.6 cm³/mol. The average Bonchev–Trinajstić information content (AvgIpc) is 2.38. The Hall–Kier alpha value is -1.31. The van der Waals surface area contributed by atoms with Crippen molar-refractivity contribution in [2.45, 2.75) is 19.8 Å². The smallest absolute Gasteiger partial charge is 0.312 e. The topological polar surface area (TPSA) is 82.8 Å². The standard InChI is InChI=1S/C12H17BrN2O4/c1-8(17-2)18-7-19-11-4-3-9(5-10(11)13)6-15-12(14)16/h3-5,8H,6-7H2,1-2H3,(H3,14,15,16). The number of hydrogen-bond acceptors (Lipinski definition) is 4. The molecule has 0 saturated heterocycles. The van der Waals surface area contributed by atoms with Crippen molar-refractivity contribution in [2.75, 3.05) is 13.9 Å². The number of carbonyl (C=O) groups excluding carboxylic acids is 1. The molecule has 106 valence electrons. The van der Waals surface area contributed by atoms with Crippen molar-refractivity contribution in [1.29, 1.82) is 0 Å². The molecule has 7 heteroatoms. The molecule has 0 fully saturated rings. The highest BCUT2D eigenvalue weighted by atomic mass is 79.9. The van der Waals surface area contributed by atoms with Crippen LogP contribution in [0.2, 0.25) is 0 Å². The molecule has 0 radical (unpaired) electrons. The van der Waals surface area contributed by atoms with Gasteiger partial charge in [-0.2, -0.15) is 0 Å². The van der Waals surface area contributed by atoms with Gasteiger partial charge in [-0.25, -0.2) is 4.79 Å². The third-order valence-corrected chi connectivity index (χ3v) is 2.93. The summed E-state index contributed by atoms with van der Waals surface area (Å²) < 4.78 is 16.3. The fraction of sp³-hybridized carbons (Fsp3) is 0.417. The molecule has 0 aliphatic rings. The minimum Gasteiger partial charge on any atom is -0.466 e. The zero-order chi connectivity index (χ0) is 14.3. The van der Waals surface area contributed by atoms with Crippen LogP contribution < -0.4 is 15.8 Å². The molecule has 0 spiro atoms. The van der Waals surface area contributed by atoms with E-state index in [1.165, 1.54) is 0 Å². The lowest BCUT2D eigenvalue weighted by Crippen LogP contribution is -2.28. The Morgan fingerprint density at radius 1 is 1.53 bits per heavy atom. The number of carbonyl (C=O) groups is 1. The number of hydrogen-bond donors (Lipinski definition) is 2. The molecule has 0 heterocycles. The molecule has 0 saturated carbocycles. The molecule has 0 aromatic heterocycles. The first-order chi connectivity index (χ1) is 9.02. The van der Waals surface area contributed by atoms with Crippen LogP contribution in [0.25, 0.3) is 0 Å². The van der Waals surface area contributed by atoms with Crippen LogP contribution in [0, 0.1) is 0 Å². The number of methoxy groups -OCH3 is 1. The van der Waals surface area contributed by atoms with Crippen LogP contribution in [0.15, 0.2) is 22.7 Å². The quantitative estimate of drug-likeness (QED) is 0.748. The molecule has 1 unspecified atom stereocenters. The van der Waals surface area contributed by atoms with Crippen LogP contribution >= 0.6 is 15.9 Å². The van der Waals surface area contributed by atoms with Gasteiger partial charge in [0.15, 0.2) is 13.1 Å². The van der Waals surface area contributed by atoms with Gasteiger partial charge in [0.25, 0.3) is 0 Å². The molecule has 0 bridgehead atoms.